The van der Waals surface area contributed by atoms with Gasteiger partial charge in [-0.25, -0.2) is 9.78 Å². The number of anilines is 1. The summed E-state index contributed by atoms with van der Waals surface area (Å²) in [6.45, 7) is 2.13. The average Bonchev–Trinajstić information content (AvgIpc) is 3.12. The number of nitrogen functional groups attached to an aromatic ring is 1. The molecule has 4 aromatic rings. The van der Waals surface area contributed by atoms with E-state index < -0.39 is 17.0 Å². The van der Waals surface area contributed by atoms with Gasteiger partial charge in [0.15, 0.2) is 10.9 Å². The zero-order valence-electron chi connectivity index (χ0n) is 16.1. The van der Waals surface area contributed by atoms with Crippen LogP contribution in [0.25, 0.3) is 11.0 Å². The molecule has 0 aliphatic rings. The Bertz CT molecular complexity index is 1350. The standard InChI is InChI=1S/C21H19N5O3S/c1-12-7-8-14-15(9-12)24-20(23-14)30-11-16(27)17-18(22)26(21(29)25-19(17)28)10-13-5-3-2-4-6-13/h2-9H,10-11,22H2,1H3,(H,23,24)(H,25,28,29). The fourth-order valence-electron chi connectivity index (χ4n) is 3.15. The van der Waals surface area contributed by atoms with Crippen LogP contribution in [0.2, 0.25) is 0 Å². The van der Waals surface area contributed by atoms with Crippen LogP contribution >= 0.6 is 11.8 Å². The van der Waals surface area contributed by atoms with Crippen molar-refractivity contribution in [2.24, 2.45) is 0 Å². The first-order valence-corrected chi connectivity index (χ1v) is 10.2. The molecule has 8 nitrogen and oxygen atoms in total. The SMILES string of the molecule is Cc1ccc2nc(SCC(=O)c3c(N)n(Cc4ccccc4)c(=O)[nH]c3=O)[nH]c2c1. The van der Waals surface area contributed by atoms with Crippen molar-refractivity contribution >= 4 is 34.4 Å². The van der Waals surface area contributed by atoms with Crippen LogP contribution in [-0.4, -0.2) is 31.1 Å². The zero-order chi connectivity index (χ0) is 21.3. The van der Waals surface area contributed by atoms with Gasteiger partial charge in [0.1, 0.15) is 11.4 Å². The number of fused-ring (bicyclic) bond motifs is 1. The predicted molar refractivity (Wildman–Crippen MR) is 117 cm³/mol. The van der Waals surface area contributed by atoms with Crippen LogP contribution in [0.5, 0.6) is 0 Å². The van der Waals surface area contributed by atoms with Gasteiger partial charge >= 0.3 is 5.69 Å². The van der Waals surface area contributed by atoms with Crippen molar-refractivity contribution in [2.75, 3.05) is 11.5 Å². The molecule has 0 bridgehead atoms. The zero-order valence-corrected chi connectivity index (χ0v) is 17.0. The number of thioether (sulfide) groups is 1. The number of hydrogen-bond acceptors (Lipinski definition) is 6. The maximum Gasteiger partial charge on any atom is 0.330 e. The highest BCUT2D eigenvalue weighted by Gasteiger charge is 2.20. The van der Waals surface area contributed by atoms with Gasteiger partial charge in [-0.2, -0.15) is 0 Å². The fraction of sp³-hybridized carbons (Fsp3) is 0.143. The summed E-state index contributed by atoms with van der Waals surface area (Å²) in [6.07, 6.45) is 0. The summed E-state index contributed by atoms with van der Waals surface area (Å²) in [5.41, 5.74) is 8.00. The van der Waals surface area contributed by atoms with Crippen molar-refractivity contribution in [3.8, 4) is 0 Å². The van der Waals surface area contributed by atoms with E-state index in [1.807, 2.05) is 55.5 Å². The van der Waals surface area contributed by atoms with Gasteiger partial charge in [-0.1, -0.05) is 48.2 Å². The molecule has 0 saturated carbocycles. The predicted octanol–water partition coefficient (Wildman–Crippen LogP) is 2.33. The lowest BCUT2D eigenvalue weighted by Gasteiger charge is -2.12. The maximum absolute atomic E-state index is 12.8. The van der Waals surface area contributed by atoms with Crippen molar-refractivity contribution in [3.05, 3.63) is 86.1 Å². The van der Waals surface area contributed by atoms with Crippen molar-refractivity contribution < 1.29 is 4.79 Å². The van der Waals surface area contributed by atoms with Gasteiger partial charge in [-0.3, -0.25) is 19.1 Å². The van der Waals surface area contributed by atoms with Gasteiger partial charge in [0.05, 0.1) is 23.3 Å². The van der Waals surface area contributed by atoms with Crippen molar-refractivity contribution in [2.45, 2.75) is 18.6 Å². The number of nitrogens with one attached hydrogen (secondary N) is 2. The molecule has 4 rings (SSSR count). The summed E-state index contributed by atoms with van der Waals surface area (Å²) < 4.78 is 1.19. The number of rotatable bonds is 6. The number of aromatic amines is 2. The Morgan fingerprint density at radius 3 is 2.67 bits per heavy atom. The maximum atomic E-state index is 12.8. The molecule has 0 unspecified atom stereocenters. The number of Topliss-reactive ketones (excluding diaryl/α,β-unsaturated/α-hetero) is 1. The molecule has 0 amide bonds. The van der Waals surface area contributed by atoms with Crippen LogP contribution in [0.15, 0.2) is 63.3 Å². The Morgan fingerprint density at radius 2 is 1.90 bits per heavy atom. The number of hydrogen-bond donors (Lipinski definition) is 3. The van der Waals surface area contributed by atoms with Crippen LogP contribution in [0, 0.1) is 6.92 Å². The Morgan fingerprint density at radius 1 is 1.13 bits per heavy atom. The minimum atomic E-state index is -0.785. The second-order valence-corrected chi connectivity index (χ2v) is 7.83. The van der Waals surface area contributed by atoms with Crippen molar-refractivity contribution in [1.82, 2.24) is 19.5 Å². The van der Waals surface area contributed by atoms with Gasteiger partial charge in [-0.05, 0) is 30.2 Å². The molecule has 0 atom stereocenters. The van der Waals surface area contributed by atoms with E-state index in [1.165, 1.54) is 16.3 Å². The first kappa shape index (κ1) is 19.7. The molecule has 2 heterocycles. The molecule has 0 saturated heterocycles. The second-order valence-electron chi connectivity index (χ2n) is 6.87. The monoisotopic (exact) mass is 421 g/mol. The highest BCUT2D eigenvalue weighted by Crippen LogP contribution is 2.21. The highest BCUT2D eigenvalue weighted by atomic mass is 32.2. The number of carbonyl (C=O) groups is 1. The van der Waals surface area contributed by atoms with E-state index >= 15 is 0 Å². The average molecular weight is 421 g/mol. The van der Waals surface area contributed by atoms with E-state index in [0.29, 0.717) is 5.16 Å². The van der Waals surface area contributed by atoms with Crippen LogP contribution < -0.4 is 17.0 Å². The summed E-state index contributed by atoms with van der Waals surface area (Å²) in [7, 11) is 0. The van der Waals surface area contributed by atoms with Crippen LogP contribution in [-0.2, 0) is 6.54 Å². The van der Waals surface area contributed by atoms with Crippen LogP contribution in [0.1, 0.15) is 21.5 Å². The van der Waals surface area contributed by atoms with Crippen LogP contribution in [0.3, 0.4) is 0 Å². The number of benzene rings is 2. The number of imidazole rings is 1. The third kappa shape index (κ3) is 3.92. The Labute approximate surface area is 175 Å². The van der Waals surface area contributed by atoms with Gasteiger partial charge < -0.3 is 10.7 Å². The Kier molecular flexibility index (Phi) is 5.28. The first-order valence-electron chi connectivity index (χ1n) is 9.21. The lowest BCUT2D eigenvalue weighted by atomic mass is 10.2. The quantitative estimate of drug-likeness (QED) is 0.324. The molecular formula is C21H19N5O3S. The van der Waals surface area contributed by atoms with Crippen molar-refractivity contribution in [1.29, 1.82) is 0 Å². The third-order valence-electron chi connectivity index (χ3n) is 4.66. The van der Waals surface area contributed by atoms with Gasteiger partial charge in [-0.15, -0.1) is 0 Å². The Hall–Kier alpha value is -3.59. The number of aryl methyl sites for hydroxylation is 1. The summed E-state index contributed by atoms with van der Waals surface area (Å²) in [5.74, 6) is -0.661. The minimum absolute atomic E-state index is 0.0460. The van der Waals surface area contributed by atoms with Crippen molar-refractivity contribution in [3.63, 3.8) is 0 Å². The number of H-pyrrole nitrogens is 2. The van der Waals surface area contributed by atoms with Gasteiger partial charge in [0.2, 0.25) is 0 Å². The molecule has 0 spiro atoms. The molecule has 152 valence electrons. The topological polar surface area (TPSA) is 127 Å². The smallest absolute Gasteiger partial charge is 0.330 e. The summed E-state index contributed by atoms with van der Waals surface area (Å²) in [5, 5.41) is 0.566. The fourth-order valence-corrected chi connectivity index (χ4v) is 3.91. The summed E-state index contributed by atoms with van der Waals surface area (Å²) in [4.78, 5) is 47.1. The number of nitrogens with zero attached hydrogens (tertiary/aromatic N) is 2. The Balaban J connectivity index is 1.59. The molecule has 0 fully saturated rings. The molecule has 0 radical (unpaired) electrons. The van der Waals surface area contributed by atoms with E-state index in [1.54, 1.807) is 0 Å². The van der Waals surface area contributed by atoms with E-state index in [4.69, 9.17) is 5.73 Å². The lowest BCUT2D eigenvalue weighted by Crippen LogP contribution is -2.36. The number of nitrogens with two attached hydrogens (primary N) is 1. The lowest BCUT2D eigenvalue weighted by molar-refractivity contribution is 0.102. The normalized spacial score (nSPS) is 11.1. The van der Waals surface area contributed by atoms with E-state index in [-0.39, 0.29) is 23.7 Å². The molecule has 4 N–H and O–H groups in total. The molecule has 2 aromatic heterocycles. The van der Waals surface area contributed by atoms with Gasteiger partial charge in [0, 0.05) is 0 Å². The minimum Gasteiger partial charge on any atom is -0.384 e. The first-order chi connectivity index (χ1) is 14.4. The van der Waals surface area contributed by atoms with Crippen LogP contribution in [0.4, 0.5) is 5.82 Å². The molecular weight excluding hydrogens is 402 g/mol. The van der Waals surface area contributed by atoms with E-state index in [2.05, 4.69) is 15.0 Å². The summed E-state index contributed by atoms with van der Waals surface area (Å²) in [6, 6.07) is 15.0. The molecule has 0 aliphatic heterocycles. The molecule has 0 aliphatic carbocycles. The third-order valence-corrected chi connectivity index (χ3v) is 5.53. The van der Waals surface area contributed by atoms with E-state index in [0.717, 1.165) is 22.2 Å². The summed E-state index contributed by atoms with van der Waals surface area (Å²) >= 11 is 1.17. The number of aromatic nitrogens is 4. The number of carbonyl (C=O) groups excluding carboxylic acids is 1. The highest BCUT2D eigenvalue weighted by molar-refractivity contribution is 7.99. The molecule has 30 heavy (non-hydrogen) atoms. The largest absolute Gasteiger partial charge is 0.384 e. The molecule has 2 aromatic carbocycles. The van der Waals surface area contributed by atoms with Gasteiger partial charge in [0.25, 0.3) is 5.56 Å². The second kappa shape index (κ2) is 8.03. The number of ketones is 1. The molecule has 9 heteroatoms. The van der Waals surface area contributed by atoms with E-state index in [9.17, 15) is 14.4 Å².